The molecule has 1 aromatic carbocycles. The lowest BCUT2D eigenvalue weighted by Crippen LogP contribution is -2.51. The molecule has 0 spiro atoms. The van der Waals surface area contributed by atoms with Crippen molar-refractivity contribution < 1.29 is 9.18 Å². The Morgan fingerprint density at radius 1 is 1.21 bits per heavy atom. The number of carbonyl (C=O) groups excluding carboxylic acids is 1. The predicted octanol–water partition coefficient (Wildman–Crippen LogP) is 2.43. The van der Waals surface area contributed by atoms with Crippen LogP contribution in [-0.4, -0.2) is 37.0 Å². The van der Waals surface area contributed by atoms with Crippen LogP contribution in [0.2, 0.25) is 0 Å². The van der Waals surface area contributed by atoms with Crippen molar-refractivity contribution in [2.24, 2.45) is 0 Å². The highest BCUT2D eigenvalue weighted by Gasteiger charge is 2.28. The molecule has 19 heavy (non-hydrogen) atoms. The van der Waals surface area contributed by atoms with E-state index in [1.165, 1.54) is 30.7 Å². The molecular formula is C15H21FN2O. The minimum Gasteiger partial charge on any atom is -0.348 e. The van der Waals surface area contributed by atoms with Gasteiger partial charge in [0.05, 0.1) is 0 Å². The molecule has 1 amide bonds. The summed E-state index contributed by atoms with van der Waals surface area (Å²) in [7, 11) is 4.10. The van der Waals surface area contributed by atoms with Gasteiger partial charge in [-0.1, -0.05) is 12.8 Å². The Kier molecular flexibility index (Phi) is 4.53. The topological polar surface area (TPSA) is 32.3 Å². The van der Waals surface area contributed by atoms with Crippen LogP contribution in [-0.2, 0) is 0 Å². The molecule has 2 rings (SSSR count). The summed E-state index contributed by atoms with van der Waals surface area (Å²) < 4.78 is 12.8. The average molecular weight is 264 g/mol. The van der Waals surface area contributed by atoms with E-state index in [2.05, 4.69) is 10.2 Å². The van der Waals surface area contributed by atoms with Gasteiger partial charge in [0, 0.05) is 17.6 Å². The minimum atomic E-state index is -0.319. The maximum atomic E-state index is 12.8. The first kappa shape index (κ1) is 14.0. The zero-order valence-corrected chi connectivity index (χ0v) is 11.5. The van der Waals surface area contributed by atoms with Crippen molar-refractivity contribution in [2.45, 2.75) is 37.8 Å². The van der Waals surface area contributed by atoms with Gasteiger partial charge in [-0.25, -0.2) is 4.39 Å². The van der Waals surface area contributed by atoms with Crippen LogP contribution in [0, 0.1) is 5.82 Å². The zero-order chi connectivity index (χ0) is 13.8. The van der Waals surface area contributed by atoms with Gasteiger partial charge in [0.15, 0.2) is 0 Å². The number of nitrogens with one attached hydrogen (secondary N) is 1. The Hall–Kier alpha value is -1.42. The predicted molar refractivity (Wildman–Crippen MR) is 73.6 cm³/mol. The number of halogens is 1. The third-order valence-corrected chi connectivity index (χ3v) is 3.82. The second kappa shape index (κ2) is 6.15. The quantitative estimate of drug-likeness (QED) is 0.909. The highest BCUT2D eigenvalue weighted by Crippen LogP contribution is 2.22. The number of likely N-dealkylation sites (N-methyl/N-ethyl adjacent to an activating group) is 1. The summed E-state index contributed by atoms with van der Waals surface area (Å²) in [6, 6.07) is 6.26. The van der Waals surface area contributed by atoms with E-state index >= 15 is 0 Å². The van der Waals surface area contributed by atoms with Gasteiger partial charge >= 0.3 is 0 Å². The fourth-order valence-electron chi connectivity index (χ4n) is 2.75. The van der Waals surface area contributed by atoms with Crippen molar-refractivity contribution in [1.29, 1.82) is 0 Å². The van der Waals surface area contributed by atoms with Crippen LogP contribution >= 0.6 is 0 Å². The average Bonchev–Trinajstić information content (AvgIpc) is 2.39. The summed E-state index contributed by atoms with van der Waals surface area (Å²) in [5, 5.41) is 3.08. The van der Waals surface area contributed by atoms with Gasteiger partial charge in [0.2, 0.25) is 0 Å². The molecule has 1 aliphatic rings. The lowest BCUT2D eigenvalue weighted by molar-refractivity contribution is 0.0883. The Bertz CT molecular complexity index is 430. The number of carbonyl (C=O) groups is 1. The Labute approximate surface area is 113 Å². The van der Waals surface area contributed by atoms with Crippen LogP contribution in [0.3, 0.4) is 0 Å². The molecule has 0 radical (unpaired) electrons. The van der Waals surface area contributed by atoms with Crippen molar-refractivity contribution in [1.82, 2.24) is 10.2 Å². The molecular weight excluding hydrogens is 243 g/mol. The van der Waals surface area contributed by atoms with Gasteiger partial charge in [0.1, 0.15) is 5.82 Å². The first-order chi connectivity index (χ1) is 9.08. The van der Waals surface area contributed by atoms with Crippen molar-refractivity contribution in [3.8, 4) is 0 Å². The molecule has 1 N–H and O–H groups in total. The fourth-order valence-corrected chi connectivity index (χ4v) is 2.75. The van der Waals surface area contributed by atoms with Crippen LogP contribution in [0.4, 0.5) is 4.39 Å². The van der Waals surface area contributed by atoms with E-state index in [-0.39, 0.29) is 17.8 Å². The van der Waals surface area contributed by atoms with E-state index in [9.17, 15) is 9.18 Å². The van der Waals surface area contributed by atoms with Crippen LogP contribution in [0.5, 0.6) is 0 Å². The van der Waals surface area contributed by atoms with Crippen LogP contribution in [0.25, 0.3) is 0 Å². The molecule has 2 unspecified atom stereocenters. The summed E-state index contributed by atoms with van der Waals surface area (Å²) in [4.78, 5) is 14.3. The highest BCUT2D eigenvalue weighted by molar-refractivity contribution is 5.94. The molecule has 104 valence electrons. The first-order valence-electron chi connectivity index (χ1n) is 6.81. The molecule has 0 heterocycles. The molecule has 1 fully saturated rings. The van der Waals surface area contributed by atoms with Crippen LogP contribution < -0.4 is 5.32 Å². The maximum Gasteiger partial charge on any atom is 0.251 e. The second-order valence-corrected chi connectivity index (χ2v) is 5.40. The number of rotatable bonds is 3. The maximum absolute atomic E-state index is 12.8. The summed E-state index contributed by atoms with van der Waals surface area (Å²) in [5.41, 5.74) is 0.518. The molecule has 2 atom stereocenters. The highest BCUT2D eigenvalue weighted by atomic mass is 19.1. The van der Waals surface area contributed by atoms with Gasteiger partial charge in [0.25, 0.3) is 5.91 Å². The summed E-state index contributed by atoms with van der Waals surface area (Å²) >= 11 is 0. The van der Waals surface area contributed by atoms with Crippen LogP contribution in [0.15, 0.2) is 24.3 Å². The number of hydrogen-bond acceptors (Lipinski definition) is 2. The van der Waals surface area contributed by atoms with Crippen LogP contribution in [0.1, 0.15) is 36.0 Å². The number of hydrogen-bond donors (Lipinski definition) is 1. The van der Waals surface area contributed by atoms with Gasteiger partial charge in [-0.3, -0.25) is 4.79 Å². The molecule has 3 nitrogen and oxygen atoms in total. The van der Waals surface area contributed by atoms with Gasteiger partial charge in [-0.2, -0.15) is 0 Å². The zero-order valence-electron chi connectivity index (χ0n) is 11.5. The number of amides is 1. The summed E-state index contributed by atoms with van der Waals surface area (Å²) in [5.74, 6) is -0.431. The van der Waals surface area contributed by atoms with E-state index < -0.39 is 0 Å². The van der Waals surface area contributed by atoms with E-state index in [0.717, 1.165) is 19.3 Å². The third kappa shape index (κ3) is 3.53. The number of benzene rings is 1. The van der Waals surface area contributed by atoms with Crippen molar-refractivity contribution in [2.75, 3.05) is 14.1 Å². The van der Waals surface area contributed by atoms with E-state index in [0.29, 0.717) is 11.6 Å². The van der Waals surface area contributed by atoms with E-state index in [1.54, 1.807) is 0 Å². The first-order valence-corrected chi connectivity index (χ1v) is 6.81. The summed E-state index contributed by atoms with van der Waals surface area (Å²) in [6.45, 7) is 0. The van der Waals surface area contributed by atoms with Gasteiger partial charge in [-0.15, -0.1) is 0 Å². The molecule has 0 aromatic heterocycles. The SMILES string of the molecule is CN(C)C1CCCCC1NC(=O)c1ccc(F)cc1. The van der Waals surface area contributed by atoms with Gasteiger partial charge in [-0.05, 0) is 51.2 Å². The minimum absolute atomic E-state index is 0.112. The molecule has 0 aliphatic heterocycles. The molecule has 1 aromatic rings. The Morgan fingerprint density at radius 3 is 2.47 bits per heavy atom. The molecule has 4 heteroatoms. The normalized spacial score (nSPS) is 23.4. The van der Waals surface area contributed by atoms with Crippen molar-refractivity contribution in [3.63, 3.8) is 0 Å². The third-order valence-electron chi connectivity index (χ3n) is 3.82. The summed E-state index contributed by atoms with van der Waals surface area (Å²) in [6.07, 6.45) is 4.49. The van der Waals surface area contributed by atoms with E-state index in [1.807, 2.05) is 14.1 Å². The fraction of sp³-hybridized carbons (Fsp3) is 0.533. The molecule has 0 saturated heterocycles. The Morgan fingerprint density at radius 2 is 1.84 bits per heavy atom. The number of nitrogens with zero attached hydrogens (tertiary/aromatic N) is 1. The molecule has 0 bridgehead atoms. The molecule has 1 aliphatic carbocycles. The largest absolute Gasteiger partial charge is 0.348 e. The smallest absolute Gasteiger partial charge is 0.251 e. The lowest BCUT2D eigenvalue weighted by atomic mass is 9.89. The monoisotopic (exact) mass is 264 g/mol. The van der Waals surface area contributed by atoms with Crippen molar-refractivity contribution in [3.05, 3.63) is 35.6 Å². The van der Waals surface area contributed by atoms with E-state index in [4.69, 9.17) is 0 Å². The second-order valence-electron chi connectivity index (χ2n) is 5.40. The standard InChI is InChI=1S/C15H21FN2O/c1-18(2)14-6-4-3-5-13(14)17-15(19)11-7-9-12(16)10-8-11/h7-10,13-14H,3-6H2,1-2H3,(H,17,19). The Balaban J connectivity index is 2.02. The van der Waals surface area contributed by atoms with Gasteiger partial charge < -0.3 is 10.2 Å². The van der Waals surface area contributed by atoms with Crippen molar-refractivity contribution >= 4 is 5.91 Å². The molecule has 1 saturated carbocycles. The lowest BCUT2D eigenvalue weighted by Gasteiger charge is -2.36.